The zero-order valence-corrected chi connectivity index (χ0v) is 11.4. The predicted octanol–water partition coefficient (Wildman–Crippen LogP) is 2.55. The molecule has 2 aromatic carbocycles. The molecule has 0 saturated heterocycles. The van der Waals surface area contributed by atoms with Crippen LogP contribution < -0.4 is 14.2 Å². The summed E-state index contributed by atoms with van der Waals surface area (Å²) in [5.41, 5.74) is 0.423. The second-order valence-corrected chi connectivity index (χ2v) is 4.05. The molecule has 0 fully saturated rings. The number of carbonyl (C=O) groups excluding carboxylic acids is 1. The second-order valence-electron chi connectivity index (χ2n) is 4.05. The SMILES string of the molecule is COc1cc(C#N)ccc1OC(=O)COc1ccccc1. The van der Waals surface area contributed by atoms with Crippen molar-refractivity contribution in [3.05, 3.63) is 54.1 Å². The van der Waals surface area contributed by atoms with Crippen molar-refractivity contribution in [2.45, 2.75) is 0 Å². The van der Waals surface area contributed by atoms with Crippen LogP contribution >= 0.6 is 0 Å². The van der Waals surface area contributed by atoms with Crippen LogP contribution in [0.25, 0.3) is 0 Å². The highest BCUT2D eigenvalue weighted by Gasteiger charge is 2.11. The zero-order valence-electron chi connectivity index (χ0n) is 11.4. The summed E-state index contributed by atoms with van der Waals surface area (Å²) in [7, 11) is 1.44. The summed E-state index contributed by atoms with van der Waals surface area (Å²) >= 11 is 0. The van der Waals surface area contributed by atoms with Crippen molar-refractivity contribution in [3.8, 4) is 23.3 Å². The highest BCUT2D eigenvalue weighted by Crippen LogP contribution is 2.27. The summed E-state index contributed by atoms with van der Waals surface area (Å²) in [6.45, 7) is -0.215. The van der Waals surface area contributed by atoms with E-state index in [4.69, 9.17) is 19.5 Å². The van der Waals surface area contributed by atoms with E-state index < -0.39 is 5.97 Å². The van der Waals surface area contributed by atoms with Crippen LogP contribution in [-0.2, 0) is 4.79 Å². The minimum Gasteiger partial charge on any atom is -0.493 e. The molecular weight excluding hydrogens is 270 g/mol. The lowest BCUT2D eigenvalue weighted by Crippen LogP contribution is -2.18. The average Bonchev–Trinajstić information content (AvgIpc) is 2.54. The quantitative estimate of drug-likeness (QED) is 0.623. The lowest BCUT2D eigenvalue weighted by Gasteiger charge is -2.10. The molecule has 5 nitrogen and oxygen atoms in total. The van der Waals surface area contributed by atoms with Crippen molar-refractivity contribution in [1.29, 1.82) is 5.26 Å². The van der Waals surface area contributed by atoms with Crippen LogP contribution in [-0.4, -0.2) is 19.7 Å². The van der Waals surface area contributed by atoms with Crippen LogP contribution in [0.1, 0.15) is 5.56 Å². The van der Waals surface area contributed by atoms with Gasteiger partial charge in [-0.15, -0.1) is 0 Å². The van der Waals surface area contributed by atoms with E-state index in [1.807, 2.05) is 24.3 Å². The van der Waals surface area contributed by atoms with Crippen molar-refractivity contribution in [3.63, 3.8) is 0 Å². The molecule has 0 aromatic heterocycles. The molecule has 0 amide bonds. The Bertz CT molecular complexity index is 662. The number of nitrogens with zero attached hydrogens (tertiary/aromatic N) is 1. The van der Waals surface area contributed by atoms with Crippen molar-refractivity contribution in [2.24, 2.45) is 0 Å². The summed E-state index contributed by atoms with van der Waals surface area (Å²) < 4.78 is 15.5. The van der Waals surface area contributed by atoms with Crippen LogP contribution in [0.2, 0.25) is 0 Å². The molecule has 0 aliphatic heterocycles. The van der Waals surface area contributed by atoms with E-state index in [1.165, 1.54) is 19.2 Å². The van der Waals surface area contributed by atoms with E-state index in [-0.39, 0.29) is 12.4 Å². The number of methoxy groups -OCH3 is 1. The van der Waals surface area contributed by atoms with Gasteiger partial charge in [0.2, 0.25) is 0 Å². The number of carbonyl (C=O) groups is 1. The third kappa shape index (κ3) is 3.98. The van der Waals surface area contributed by atoms with Gasteiger partial charge in [0.05, 0.1) is 18.7 Å². The van der Waals surface area contributed by atoms with Crippen LogP contribution in [0.3, 0.4) is 0 Å². The standard InChI is InChI=1S/C16H13NO4/c1-19-15-9-12(10-17)7-8-14(15)21-16(18)11-20-13-5-3-2-4-6-13/h2-9H,11H2,1H3. The third-order valence-corrected chi connectivity index (χ3v) is 2.62. The first kappa shape index (κ1) is 14.4. The molecule has 0 saturated carbocycles. The van der Waals surface area contributed by atoms with E-state index in [2.05, 4.69) is 0 Å². The van der Waals surface area contributed by atoms with E-state index >= 15 is 0 Å². The number of benzene rings is 2. The number of para-hydroxylation sites is 1. The number of ether oxygens (including phenoxy) is 3. The van der Waals surface area contributed by atoms with E-state index in [9.17, 15) is 4.79 Å². The van der Waals surface area contributed by atoms with Gasteiger partial charge in [0.15, 0.2) is 18.1 Å². The van der Waals surface area contributed by atoms with Gasteiger partial charge in [0, 0.05) is 6.07 Å². The van der Waals surface area contributed by atoms with Gasteiger partial charge in [-0.05, 0) is 24.3 Å². The largest absolute Gasteiger partial charge is 0.493 e. The van der Waals surface area contributed by atoms with Crippen LogP contribution in [0.5, 0.6) is 17.2 Å². The van der Waals surface area contributed by atoms with Gasteiger partial charge in [0.25, 0.3) is 0 Å². The Hall–Kier alpha value is -3.00. The Kier molecular flexibility index (Phi) is 4.78. The van der Waals surface area contributed by atoms with Crippen molar-refractivity contribution in [1.82, 2.24) is 0 Å². The molecule has 0 spiro atoms. The van der Waals surface area contributed by atoms with E-state index in [1.54, 1.807) is 18.2 Å². The molecule has 2 aromatic rings. The van der Waals surface area contributed by atoms with Crippen molar-refractivity contribution >= 4 is 5.97 Å². The Morgan fingerprint density at radius 3 is 2.57 bits per heavy atom. The summed E-state index contributed by atoms with van der Waals surface area (Å²) in [4.78, 5) is 11.7. The first-order valence-electron chi connectivity index (χ1n) is 6.19. The average molecular weight is 283 g/mol. The molecule has 0 unspecified atom stereocenters. The maximum Gasteiger partial charge on any atom is 0.349 e. The molecule has 0 bridgehead atoms. The zero-order chi connectivity index (χ0) is 15.1. The van der Waals surface area contributed by atoms with Crippen LogP contribution in [0.4, 0.5) is 0 Å². The van der Waals surface area contributed by atoms with Gasteiger partial charge in [-0.2, -0.15) is 5.26 Å². The Labute approximate surface area is 122 Å². The monoisotopic (exact) mass is 283 g/mol. The fraction of sp³-hybridized carbons (Fsp3) is 0.125. The van der Waals surface area contributed by atoms with Crippen LogP contribution in [0.15, 0.2) is 48.5 Å². The normalized spacial score (nSPS) is 9.52. The topological polar surface area (TPSA) is 68.5 Å². The number of nitriles is 1. The van der Waals surface area contributed by atoms with Gasteiger partial charge in [0.1, 0.15) is 5.75 Å². The molecule has 2 rings (SSSR count). The molecule has 0 radical (unpaired) electrons. The van der Waals surface area contributed by atoms with Crippen LogP contribution in [0, 0.1) is 11.3 Å². The van der Waals surface area contributed by atoms with Gasteiger partial charge in [-0.1, -0.05) is 18.2 Å². The van der Waals surface area contributed by atoms with Gasteiger partial charge in [-0.25, -0.2) is 4.79 Å². The van der Waals surface area contributed by atoms with Crippen molar-refractivity contribution < 1.29 is 19.0 Å². The lowest BCUT2D eigenvalue weighted by molar-refractivity contribution is -0.136. The molecule has 0 N–H and O–H groups in total. The lowest BCUT2D eigenvalue weighted by atomic mass is 10.2. The Morgan fingerprint density at radius 1 is 1.14 bits per heavy atom. The van der Waals surface area contributed by atoms with Gasteiger partial charge >= 0.3 is 5.97 Å². The molecule has 0 atom stereocenters. The first-order chi connectivity index (χ1) is 10.2. The summed E-state index contributed by atoms with van der Waals surface area (Å²) in [5, 5.41) is 8.81. The molecular formula is C16H13NO4. The Balaban J connectivity index is 1.98. The maximum absolute atomic E-state index is 11.7. The molecule has 0 heterocycles. The number of esters is 1. The predicted molar refractivity (Wildman–Crippen MR) is 75.3 cm³/mol. The highest BCUT2D eigenvalue weighted by atomic mass is 16.6. The second kappa shape index (κ2) is 6.96. The molecule has 0 aliphatic rings. The first-order valence-corrected chi connectivity index (χ1v) is 6.19. The fourth-order valence-corrected chi connectivity index (χ4v) is 1.63. The smallest absolute Gasteiger partial charge is 0.349 e. The number of rotatable bonds is 5. The highest BCUT2D eigenvalue weighted by molar-refractivity contribution is 5.75. The summed E-state index contributed by atoms with van der Waals surface area (Å²) in [6, 6.07) is 15.5. The molecule has 21 heavy (non-hydrogen) atoms. The fourth-order valence-electron chi connectivity index (χ4n) is 1.63. The molecule has 0 aliphatic carbocycles. The van der Waals surface area contributed by atoms with Crippen molar-refractivity contribution in [2.75, 3.05) is 13.7 Å². The number of hydrogen-bond donors (Lipinski definition) is 0. The molecule has 5 heteroatoms. The van der Waals surface area contributed by atoms with E-state index in [0.29, 0.717) is 17.1 Å². The summed E-state index contributed by atoms with van der Waals surface area (Å²) in [5.74, 6) is 0.600. The minimum atomic E-state index is -0.554. The molecule has 106 valence electrons. The minimum absolute atomic E-state index is 0.215. The van der Waals surface area contributed by atoms with Gasteiger partial charge in [-0.3, -0.25) is 0 Å². The maximum atomic E-state index is 11.7. The van der Waals surface area contributed by atoms with E-state index in [0.717, 1.165) is 0 Å². The Morgan fingerprint density at radius 2 is 1.90 bits per heavy atom. The third-order valence-electron chi connectivity index (χ3n) is 2.62. The number of hydrogen-bond acceptors (Lipinski definition) is 5. The van der Waals surface area contributed by atoms with Gasteiger partial charge < -0.3 is 14.2 Å². The summed E-state index contributed by atoms with van der Waals surface area (Å²) in [6.07, 6.45) is 0.